The minimum Gasteiger partial charge on any atom is -0.461 e. The molecule has 4 aliphatic heterocycles. The molecule has 268 valence electrons. The van der Waals surface area contributed by atoms with E-state index < -0.39 is 23.5 Å². The van der Waals surface area contributed by atoms with Crippen molar-refractivity contribution in [3.05, 3.63) is 40.6 Å². The average Bonchev–Trinajstić information content (AvgIpc) is 3.58. The lowest BCUT2D eigenvalue weighted by molar-refractivity contribution is -0.131. The number of benzene rings is 1. The van der Waals surface area contributed by atoms with Gasteiger partial charge in [0.2, 0.25) is 5.91 Å². The quantitative estimate of drug-likeness (QED) is 0.440. The zero-order valence-electron chi connectivity index (χ0n) is 29.6. The van der Waals surface area contributed by atoms with E-state index in [4.69, 9.17) is 24.2 Å². The van der Waals surface area contributed by atoms with Gasteiger partial charge in [0.25, 0.3) is 0 Å². The summed E-state index contributed by atoms with van der Waals surface area (Å²) in [5, 5.41) is 12.5. The number of nitrogens with zero attached hydrogens (tertiary/aromatic N) is 6. The second-order valence-electron chi connectivity index (χ2n) is 15.6. The molecule has 0 radical (unpaired) electrons. The number of nitrogens with one attached hydrogen (secondary N) is 1. The zero-order valence-corrected chi connectivity index (χ0v) is 29.6. The molecule has 1 aromatic carbocycles. The number of halogens is 1. The van der Waals surface area contributed by atoms with Crippen molar-refractivity contribution in [3.8, 4) is 12.1 Å². The Morgan fingerprint density at radius 1 is 1.16 bits per heavy atom. The van der Waals surface area contributed by atoms with E-state index in [1.54, 1.807) is 11.8 Å². The molecule has 0 bridgehead atoms. The van der Waals surface area contributed by atoms with Gasteiger partial charge >= 0.3 is 12.1 Å². The van der Waals surface area contributed by atoms with Crippen LogP contribution in [0.5, 0.6) is 6.01 Å². The van der Waals surface area contributed by atoms with E-state index >= 15 is 0 Å². The summed E-state index contributed by atoms with van der Waals surface area (Å²) in [6.45, 7) is 10.4. The van der Waals surface area contributed by atoms with Crippen LogP contribution in [-0.4, -0.2) is 94.5 Å². The van der Waals surface area contributed by atoms with Crippen LogP contribution in [0.2, 0.25) is 0 Å². The van der Waals surface area contributed by atoms with Crippen LogP contribution in [0.15, 0.2) is 18.2 Å². The Morgan fingerprint density at radius 2 is 2.00 bits per heavy atom. The number of hydrogen-bond donors (Lipinski definition) is 1. The molecule has 13 heteroatoms. The molecule has 12 nitrogen and oxygen atoms in total. The van der Waals surface area contributed by atoms with Crippen LogP contribution in [0.3, 0.4) is 0 Å². The highest BCUT2D eigenvalue weighted by molar-refractivity contribution is 5.85. The Morgan fingerprint density at radius 3 is 2.78 bits per heavy atom. The van der Waals surface area contributed by atoms with Gasteiger partial charge in [0.15, 0.2) is 0 Å². The molecule has 5 aliphatic rings. The van der Waals surface area contributed by atoms with E-state index in [-0.39, 0.29) is 36.5 Å². The van der Waals surface area contributed by atoms with Crippen LogP contribution < -0.4 is 15.0 Å². The van der Waals surface area contributed by atoms with Gasteiger partial charge in [-0.2, -0.15) is 15.2 Å². The van der Waals surface area contributed by atoms with E-state index in [0.29, 0.717) is 57.1 Å². The van der Waals surface area contributed by atoms with Gasteiger partial charge in [-0.05, 0) is 82.7 Å². The van der Waals surface area contributed by atoms with E-state index in [0.717, 1.165) is 55.5 Å². The van der Waals surface area contributed by atoms with Crippen molar-refractivity contribution in [1.82, 2.24) is 19.8 Å². The number of carbonyl (C=O) groups excluding carboxylic acids is 2. The van der Waals surface area contributed by atoms with E-state index in [1.165, 1.54) is 5.56 Å². The van der Waals surface area contributed by atoms with Gasteiger partial charge in [-0.15, -0.1) is 0 Å². The van der Waals surface area contributed by atoms with Crippen LogP contribution >= 0.6 is 0 Å². The largest absolute Gasteiger partial charge is 0.461 e. The maximum absolute atomic E-state index is 14.6. The fourth-order valence-corrected chi connectivity index (χ4v) is 8.79. The van der Waals surface area contributed by atoms with Crippen molar-refractivity contribution >= 4 is 23.5 Å². The number of ether oxygens (including phenoxy) is 3. The van der Waals surface area contributed by atoms with Crippen molar-refractivity contribution in [2.24, 2.45) is 0 Å². The lowest BCUT2D eigenvalue weighted by Crippen LogP contribution is -2.55. The highest BCUT2D eigenvalue weighted by Crippen LogP contribution is 2.47. The van der Waals surface area contributed by atoms with Crippen molar-refractivity contribution in [2.75, 3.05) is 49.5 Å². The van der Waals surface area contributed by atoms with Crippen molar-refractivity contribution in [3.63, 3.8) is 0 Å². The molecule has 5 heterocycles. The first-order chi connectivity index (χ1) is 23.9. The third kappa shape index (κ3) is 6.72. The van der Waals surface area contributed by atoms with E-state index in [1.807, 2.05) is 32.9 Å². The molecule has 1 aromatic heterocycles. The number of piperazine rings is 1. The van der Waals surface area contributed by atoms with Crippen LogP contribution in [-0.2, 0) is 39.3 Å². The summed E-state index contributed by atoms with van der Waals surface area (Å²) >= 11 is 0. The number of carbonyl (C=O) groups is 2. The smallest absolute Gasteiger partial charge is 0.412 e. The first-order valence-electron chi connectivity index (χ1n) is 18.0. The van der Waals surface area contributed by atoms with Crippen LogP contribution in [0.25, 0.3) is 0 Å². The Balaban J connectivity index is 1.22. The highest BCUT2D eigenvalue weighted by Gasteiger charge is 2.50. The maximum atomic E-state index is 14.6. The third-order valence-electron chi connectivity index (χ3n) is 11.0. The number of nitriles is 1. The molecule has 2 amide bonds. The second kappa shape index (κ2) is 13.3. The van der Waals surface area contributed by atoms with Gasteiger partial charge in [0, 0.05) is 57.2 Å². The average molecular weight is 690 g/mol. The lowest BCUT2D eigenvalue weighted by Gasteiger charge is -2.44. The van der Waals surface area contributed by atoms with Crippen molar-refractivity contribution in [1.29, 1.82) is 5.26 Å². The minimum atomic E-state index is -0.869. The Labute approximate surface area is 293 Å². The molecule has 2 aromatic rings. The topological polar surface area (TPSA) is 133 Å². The molecular formula is C37H48FN7O5. The van der Waals surface area contributed by atoms with E-state index in [9.17, 15) is 19.2 Å². The first kappa shape index (κ1) is 34.4. The second-order valence-corrected chi connectivity index (χ2v) is 15.6. The zero-order chi connectivity index (χ0) is 35.3. The summed E-state index contributed by atoms with van der Waals surface area (Å²) in [5.41, 5.74) is 2.88. The Bertz CT molecular complexity index is 1690. The van der Waals surface area contributed by atoms with Gasteiger partial charge in [0.1, 0.15) is 24.2 Å². The molecule has 3 fully saturated rings. The van der Waals surface area contributed by atoms with Gasteiger partial charge in [-0.25, -0.2) is 9.18 Å². The van der Waals surface area contributed by atoms with Crippen molar-refractivity contribution in [2.45, 2.75) is 115 Å². The SMILES string of the molecule is CC(=O)N1CCN(c2nc(OC[C@@]34CCCN3C[C@H](F)C4)nc3c2CO[C@@]2(CCCc4ccc(NC(=O)OC(C)(C)C)cc42)C3)C[C@@H]1CC#N. The molecule has 0 unspecified atom stereocenters. The highest BCUT2D eigenvalue weighted by atomic mass is 19.1. The maximum Gasteiger partial charge on any atom is 0.412 e. The molecule has 4 atom stereocenters. The molecule has 7 rings (SSSR count). The normalized spacial score (nSPS) is 27.7. The third-order valence-corrected chi connectivity index (χ3v) is 11.0. The number of anilines is 2. The van der Waals surface area contributed by atoms with Crippen molar-refractivity contribution < 1.29 is 28.2 Å². The number of alkyl halides is 1. The summed E-state index contributed by atoms with van der Waals surface area (Å²) in [4.78, 5) is 41.2. The Kier molecular flexibility index (Phi) is 9.14. The predicted octanol–water partition coefficient (Wildman–Crippen LogP) is 5.03. The summed E-state index contributed by atoms with van der Waals surface area (Å²) in [6, 6.07) is 8.18. The summed E-state index contributed by atoms with van der Waals surface area (Å²) < 4.78 is 33.4. The molecule has 1 aliphatic carbocycles. The molecule has 1 spiro atoms. The molecule has 0 saturated carbocycles. The van der Waals surface area contributed by atoms with Crippen LogP contribution in [0.4, 0.5) is 20.7 Å². The van der Waals surface area contributed by atoms with Crippen LogP contribution in [0.1, 0.15) is 88.6 Å². The standard InChI is InChI=1S/C37H48FN7O5/c1-24(46)45-16-15-43(21-28(45)10-13-39)32-29-22-49-37(12-5-7-25-8-9-27(17-30(25)37)40-34(47)50-35(2,3)4)19-31(29)41-33(42-32)48-23-36-11-6-14-44(36)20-26(38)18-36/h8-9,17,26,28H,5-7,10-12,14-16,18-23H2,1-4H3,(H,40,47)/t26-,28+,36+,37+/m1/s1. The number of aryl methyl sites for hydroxylation is 1. The first-order valence-corrected chi connectivity index (χ1v) is 18.0. The molecule has 50 heavy (non-hydrogen) atoms. The fraction of sp³-hybridized carbons (Fsp3) is 0.649. The summed E-state index contributed by atoms with van der Waals surface area (Å²) in [7, 11) is 0. The van der Waals surface area contributed by atoms with Gasteiger partial charge in [0.05, 0.1) is 42.0 Å². The lowest BCUT2D eigenvalue weighted by atomic mass is 9.74. The number of fused-ring (bicyclic) bond motifs is 4. The number of aromatic nitrogens is 2. The number of amides is 2. The summed E-state index contributed by atoms with van der Waals surface area (Å²) in [5.74, 6) is 0.640. The molecular weight excluding hydrogens is 641 g/mol. The number of hydrogen-bond acceptors (Lipinski definition) is 10. The van der Waals surface area contributed by atoms with Gasteiger partial charge in [-0.3, -0.25) is 15.0 Å². The minimum absolute atomic E-state index is 0.0523. The van der Waals surface area contributed by atoms with Gasteiger partial charge in [-0.1, -0.05) is 6.07 Å². The predicted molar refractivity (Wildman–Crippen MR) is 184 cm³/mol. The van der Waals surface area contributed by atoms with Gasteiger partial charge < -0.3 is 24.0 Å². The van der Waals surface area contributed by atoms with E-state index in [2.05, 4.69) is 27.3 Å². The Hall–Kier alpha value is -4.02. The molecule has 3 saturated heterocycles. The molecule has 1 N–H and O–H groups in total. The fourth-order valence-electron chi connectivity index (χ4n) is 8.79. The summed E-state index contributed by atoms with van der Waals surface area (Å²) in [6.07, 6.45) is 4.26. The monoisotopic (exact) mass is 689 g/mol. The van der Waals surface area contributed by atoms with Crippen LogP contribution in [0, 0.1) is 11.3 Å². The number of rotatable bonds is 6.